The first-order valence-electron chi connectivity index (χ1n) is 10.4. The average Bonchev–Trinajstić information content (AvgIpc) is 3.13. The number of carboxylic acids is 1. The van der Waals surface area contributed by atoms with E-state index in [1.54, 1.807) is 6.92 Å². The van der Waals surface area contributed by atoms with Crippen molar-refractivity contribution in [1.29, 1.82) is 0 Å². The summed E-state index contributed by atoms with van der Waals surface area (Å²) in [5.41, 5.74) is 5.68. The minimum absolute atomic E-state index is 0.0874. The summed E-state index contributed by atoms with van der Waals surface area (Å²) >= 11 is 0. The van der Waals surface area contributed by atoms with Crippen molar-refractivity contribution in [3.63, 3.8) is 0 Å². The number of nitrogens with one attached hydrogen (secondary N) is 2. The number of nitrogens with zero attached hydrogens (tertiary/aromatic N) is 1. The number of carbonyl (C=O) groups excluding carboxylic acids is 3. The highest BCUT2D eigenvalue weighted by molar-refractivity contribution is 5.94. The lowest BCUT2D eigenvalue weighted by molar-refractivity contribution is -0.143. The van der Waals surface area contributed by atoms with E-state index in [1.807, 2.05) is 27.7 Å². The Bertz CT molecular complexity index is 608. The van der Waals surface area contributed by atoms with Gasteiger partial charge in [-0.2, -0.15) is 0 Å². The molecule has 0 aromatic rings. The number of aliphatic carboxylic acids is 1. The van der Waals surface area contributed by atoms with Crippen LogP contribution in [0.25, 0.3) is 0 Å². The van der Waals surface area contributed by atoms with Gasteiger partial charge in [-0.15, -0.1) is 0 Å². The molecular formula is C20H36N4O5. The van der Waals surface area contributed by atoms with E-state index in [2.05, 4.69) is 10.6 Å². The Hall–Kier alpha value is -2.16. The molecule has 9 nitrogen and oxygen atoms in total. The molecule has 0 aromatic carbocycles. The van der Waals surface area contributed by atoms with Crippen LogP contribution in [0.2, 0.25) is 0 Å². The van der Waals surface area contributed by atoms with Crippen molar-refractivity contribution in [2.24, 2.45) is 17.6 Å². The molecule has 0 radical (unpaired) electrons. The number of hydrogen-bond donors (Lipinski definition) is 4. The molecule has 29 heavy (non-hydrogen) atoms. The van der Waals surface area contributed by atoms with Crippen LogP contribution < -0.4 is 16.4 Å². The molecule has 0 bridgehead atoms. The van der Waals surface area contributed by atoms with Crippen molar-refractivity contribution in [3.8, 4) is 0 Å². The van der Waals surface area contributed by atoms with Crippen LogP contribution in [0.15, 0.2) is 0 Å². The summed E-state index contributed by atoms with van der Waals surface area (Å²) in [6.07, 6.45) is 2.10. The van der Waals surface area contributed by atoms with Gasteiger partial charge in [-0.1, -0.05) is 34.1 Å². The molecule has 9 heteroatoms. The molecule has 5 atom stereocenters. The van der Waals surface area contributed by atoms with E-state index < -0.39 is 42.0 Å². The Morgan fingerprint density at radius 3 is 2.24 bits per heavy atom. The summed E-state index contributed by atoms with van der Waals surface area (Å²) in [6, 6.07) is -3.27. The third-order valence-electron chi connectivity index (χ3n) is 5.34. The van der Waals surface area contributed by atoms with Gasteiger partial charge in [0.15, 0.2) is 0 Å². The molecule has 5 unspecified atom stereocenters. The molecule has 166 valence electrons. The largest absolute Gasteiger partial charge is 0.480 e. The fraction of sp³-hybridized carbons (Fsp3) is 0.800. The number of carboxylic acid groups (broad SMARTS) is 1. The zero-order valence-electron chi connectivity index (χ0n) is 18.1. The minimum atomic E-state index is -1.11. The van der Waals surface area contributed by atoms with Crippen LogP contribution in [0.4, 0.5) is 0 Å². The Morgan fingerprint density at radius 1 is 1.14 bits per heavy atom. The van der Waals surface area contributed by atoms with Crippen molar-refractivity contribution in [1.82, 2.24) is 15.5 Å². The molecule has 5 N–H and O–H groups in total. The van der Waals surface area contributed by atoms with Gasteiger partial charge in [0.05, 0.1) is 6.04 Å². The summed E-state index contributed by atoms with van der Waals surface area (Å²) in [7, 11) is 0. The van der Waals surface area contributed by atoms with Gasteiger partial charge < -0.3 is 26.4 Å². The van der Waals surface area contributed by atoms with Gasteiger partial charge >= 0.3 is 5.97 Å². The van der Waals surface area contributed by atoms with Gasteiger partial charge in [-0.3, -0.25) is 14.4 Å². The summed E-state index contributed by atoms with van der Waals surface area (Å²) in [5, 5.41) is 14.7. The van der Waals surface area contributed by atoms with Crippen LogP contribution in [0.1, 0.15) is 60.3 Å². The van der Waals surface area contributed by atoms with Crippen LogP contribution >= 0.6 is 0 Å². The maximum Gasteiger partial charge on any atom is 0.326 e. The highest BCUT2D eigenvalue weighted by atomic mass is 16.4. The van der Waals surface area contributed by atoms with Crippen LogP contribution in [-0.4, -0.2) is 64.4 Å². The molecule has 1 aliphatic heterocycles. The molecule has 0 saturated carbocycles. The fourth-order valence-electron chi connectivity index (χ4n) is 3.47. The number of rotatable bonds is 10. The van der Waals surface area contributed by atoms with Gasteiger partial charge in [0.2, 0.25) is 17.7 Å². The van der Waals surface area contributed by atoms with Crippen molar-refractivity contribution >= 4 is 23.7 Å². The number of likely N-dealkylation sites (tertiary alicyclic amines) is 1. The SMILES string of the molecule is CCC(C)C(NC(=O)C1CCCN1C(=O)C(C)N)C(=O)NC(CC(C)C)C(=O)O. The smallest absolute Gasteiger partial charge is 0.326 e. The second-order valence-corrected chi connectivity index (χ2v) is 8.38. The predicted octanol–water partition coefficient (Wildman–Crippen LogP) is 0.471. The third kappa shape index (κ3) is 6.99. The highest BCUT2D eigenvalue weighted by Crippen LogP contribution is 2.19. The lowest BCUT2D eigenvalue weighted by atomic mass is 9.96. The summed E-state index contributed by atoms with van der Waals surface area (Å²) in [6.45, 7) is 9.49. The lowest BCUT2D eigenvalue weighted by Gasteiger charge is -2.30. The fourth-order valence-corrected chi connectivity index (χ4v) is 3.47. The Kier molecular flexibility index (Phi) is 9.55. The minimum Gasteiger partial charge on any atom is -0.480 e. The van der Waals surface area contributed by atoms with Crippen LogP contribution in [-0.2, 0) is 19.2 Å². The number of hydrogen-bond acceptors (Lipinski definition) is 5. The zero-order chi connectivity index (χ0) is 22.3. The molecule has 1 rings (SSSR count). The maximum absolute atomic E-state index is 12.9. The van der Waals surface area contributed by atoms with Gasteiger partial charge in [-0.25, -0.2) is 4.79 Å². The number of nitrogens with two attached hydrogens (primary N) is 1. The van der Waals surface area contributed by atoms with Gasteiger partial charge in [0.25, 0.3) is 0 Å². The topological polar surface area (TPSA) is 142 Å². The third-order valence-corrected chi connectivity index (χ3v) is 5.34. The quantitative estimate of drug-likeness (QED) is 0.411. The van der Waals surface area contributed by atoms with E-state index in [1.165, 1.54) is 4.90 Å². The Labute approximate surface area is 172 Å². The van der Waals surface area contributed by atoms with Gasteiger partial charge in [-0.05, 0) is 38.0 Å². The first-order chi connectivity index (χ1) is 13.5. The predicted molar refractivity (Wildman–Crippen MR) is 109 cm³/mol. The van der Waals surface area contributed by atoms with Crippen molar-refractivity contribution < 1.29 is 24.3 Å². The summed E-state index contributed by atoms with van der Waals surface area (Å²) in [5.74, 6) is -2.45. The highest BCUT2D eigenvalue weighted by Gasteiger charge is 2.38. The van der Waals surface area contributed by atoms with E-state index in [0.29, 0.717) is 32.2 Å². The molecule has 1 heterocycles. The average molecular weight is 413 g/mol. The van der Waals surface area contributed by atoms with E-state index in [9.17, 15) is 24.3 Å². The maximum atomic E-state index is 12.9. The normalized spacial score (nSPS) is 20.7. The number of amides is 3. The molecule has 0 spiro atoms. The second-order valence-electron chi connectivity index (χ2n) is 8.38. The molecule has 1 fully saturated rings. The standard InChI is InChI=1S/C20H36N4O5/c1-6-12(4)16(18(26)22-14(20(28)29)10-11(2)3)23-17(25)15-8-7-9-24(15)19(27)13(5)21/h11-16H,6-10,21H2,1-5H3,(H,22,26)(H,23,25)(H,28,29). The summed E-state index contributed by atoms with van der Waals surface area (Å²) < 4.78 is 0. The molecule has 0 aromatic heterocycles. The van der Waals surface area contributed by atoms with Crippen LogP contribution in [0.3, 0.4) is 0 Å². The summed E-state index contributed by atoms with van der Waals surface area (Å²) in [4.78, 5) is 50.9. The zero-order valence-corrected chi connectivity index (χ0v) is 18.1. The Morgan fingerprint density at radius 2 is 1.76 bits per heavy atom. The molecular weight excluding hydrogens is 376 g/mol. The van der Waals surface area contributed by atoms with E-state index in [0.717, 1.165) is 0 Å². The molecule has 1 saturated heterocycles. The van der Waals surface area contributed by atoms with E-state index in [4.69, 9.17) is 5.73 Å². The van der Waals surface area contributed by atoms with Gasteiger partial charge in [0.1, 0.15) is 18.1 Å². The van der Waals surface area contributed by atoms with Crippen molar-refractivity contribution in [3.05, 3.63) is 0 Å². The van der Waals surface area contributed by atoms with Crippen molar-refractivity contribution in [2.45, 2.75) is 84.5 Å². The second kappa shape index (κ2) is 11.1. The van der Waals surface area contributed by atoms with Crippen LogP contribution in [0, 0.1) is 11.8 Å². The van der Waals surface area contributed by atoms with E-state index in [-0.39, 0.29) is 17.7 Å². The lowest BCUT2D eigenvalue weighted by Crippen LogP contribution is -2.58. The monoisotopic (exact) mass is 412 g/mol. The molecule has 3 amide bonds. The Balaban J connectivity index is 2.92. The van der Waals surface area contributed by atoms with Crippen LogP contribution in [0.5, 0.6) is 0 Å². The first kappa shape index (κ1) is 24.9. The van der Waals surface area contributed by atoms with E-state index >= 15 is 0 Å². The van der Waals surface area contributed by atoms with Crippen molar-refractivity contribution in [2.75, 3.05) is 6.54 Å². The first-order valence-corrected chi connectivity index (χ1v) is 10.4. The molecule has 0 aliphatic carbocycles. The molecule has 1 aliphatic rings. The van der Waals surface area contributed by atoms with Gasteiger partial charge in [0, 0.05) is 6.54 Å². The number of carbonyl (C=O) groups is 4.